The zero-order valence-corrected chi connectivity index (χ0v) is 9.81. The molecular weight excluding hydrogens is 204 g/mol. The van der Waals surface area contributed by atoms with Gasteiger partial charge in [0.2, 0.25) is 5.95 Å². The number of hydrogen-bond donors (Lipinski definition) is 1. The van der Waals surface area contributed by atoms with Crippen LogP contribution in [0, 0.1) is 0 Å². The molecule has 0 bridgehead atoms. The molecule has 1 aliphatic rings. The van der Waals surface area contributed by atoms with E-state index in [9.17, 15) is 0 Å². The van der Waals surface area contributed by atoms with Crippen LogP contribution in [0.1, 0.15) is 56.8 Å². The van der Waals surface area contributed by atoms with E-state index in [4.69, 9.17) is 10.5 Å². The third-order valence-electron chi connectivity index (χ3n) is 2.66. The van der Waals surface area contributed by atoms with E-state index in [1.807, 2.05) is 6.92 Å². The summed E-state index contributed by atoms with van der Waals surface area (Å²) in [5.41, 5.74) is 5.70. The average Bonchev–Trinajstić information content (AvgIpc) is 3.08. The molecule has 1 unspecified atom stereocenters. The second-order valence-electron chi connectivity index (χ2n) is 4.04. The van der Waals surface area contributed by atoms with Crippen LogP contribution in [0.25, 0.3) is 0 Å². The first kappa shape index (κ1) is 11.3. The third-order valence-corrected chi connectivity index (χ3v) is 2.66. The van der Waals surface area contributed by atoms with Crippen LogP contribution in [0.2, 0.25) is 0 Å². The van der Waals surface area contributed by atoms with Crippen molar-refractivity contribution in [1.82, 2.24) is 15.0 Å². The van der Waals surface area contributed by atoms with E-state index in [1.54, 1.807) is 0 Å². The normalized spacial score (nSPS) is 17.4. The zero-order chi connectivity index (χ0) is 11.5. The van der Waals surface area contributed by atoms with E-state index in [2.05, 4.69) is 21.9 Å². The summed E-state index contributed by atoms with van der Waals surface area (Å²) in [4.78, 5) is 12.8. The Kier molecular flexibility index (Phi) is 3.33. The van der Waals surface area contributed by atoms with Gasteiger partial charge in [0.1, 0.15) is 11.9 Å². The van der Waals surface area contributed by atoms with Gasteiger partial charge in [0.25, 0.3) is 0 Å². The molecule has 1 aliphatic carbocycles. The van der Waals surface area contributed by atoms with Crippen molar-refractivity contribution in [1.29, 1.82) is 0 Å². The number of rotatable bonds is 5. The van der Waals surface area contributed by atoms with E-state index in [0.29, 0.717) is 24.3 Å². The van der Waals surface area contributed by atoms with Gasteiger partial charge < -0.3 is 10.5 Å². The lowest BCUT2D eigenvalue weighted by Gasteiger charge is -2.14. The van der Waals surface area contributed by atoms with Crippen LogP contribution < -0.4 is 5.73 Å². The minimum atomic E-state index is -0.0622. The van der Waals surface area contributed by atoms with Crippen molar-refractivity contribution in [3.8, 4) is 0 Å². The van der Waals surface area contributed by atoms with E-state index >= 15 is 0 Å². The molecule has 16 heavy (non-hydrogen) atoms. The number of aromatic nitrogens is 3. The summed E-state index contributed by atoms with van der Waals surface area (Å²) in [7, 11) is 0. The Morgan fingerprint density at radius 1 is 1.31 bits per heavy atom. The lowest BCUT2D eigenvalue weighted by Crippen LogP contribution is -2.12. The van der Waals surface area contributed by atoms with Crippen molar-refractivity contribution < 1.29 is 4.74 Å². The fourth-order valence-electron chi connectivity index (χ4n) is 1.67. The van der Waals surface area contributed by atoms with Gasteiger partial charge in [-0.1, -0.05) is 6.92 Å². The molecule has 0 saturated heterocycles. The summed E-state index contributed by atoms with van der Waals surface area (Å²) in [5.74, 6) is 2.31. The molecule has 2 N–H and O–H groups in total. The molecule has 5 heteroatoms. The first-order chi connectivity index (χ1) is 7.74. The Balaban J connectivity index is 2.24. The number of ether oxygens (including phenoxy) is 1. The van der Waals surface area contributed by atoms with Crippen LogP contribution in [-0.2, 0) is 4.74 Å². The van der Waals surface area contributed by atoms with Crippen molar-refractivity contribution in [3.05, 3.63) is 11.6 Å². The third kappa shape index (κ3) is 2.47. The highest BCUT2D eigenvalue weighted by molar-refractivity contribution is 5.20. The highest BCUT2D eigenvalue weighted by atomic mass is 16.5. The summed E-state index contributed by atoms with van der Waals surface area (Å²) < 4.78 is 5.58. The molecule has 0 aromatic carbocycles. The summed E-state index contributed by atoms with van der Waals surface area (Å²) in [6.45, 7) is 4.68. The molecule has 88 valence electrons. The first-order valence-electron chi connectivity index (χ1n) is 5.87. The number of nitrogens with zero attached hydrogens (tertiary/aromatic N) is 3. The van der Waals surface area contributed by atoms with Crippen LogP contribution in [0.4, 0.5) is 5.95 Å². The van der Waals surface area contributed by atoms with Gasteiger partial charge in [-0.25, -0.2) is 4.98 Å². The molecular formula is C11H18N4O. The van der Waals surface area contributed by atoms with Gasteiger partial charge in [-0.2, -0.15) is 9.97 Å². The molecule has 0 amide bonds. The Hall–Kier alpha value is -1.23. The number of nitrogens with two attached hydrogens (primary N) is 1. The van der Waals surface area contributed by atoms with E-state index in [1.165, 1.54) is 0 Å². The fourth-order valence-corrected chi connectivity index (χ4v) is 1.67. The molecule has 1 saturated carbocycles. The van der Waals surface area contributed by atoms with Gasteiger partial charge >= 0.3 is 0 Å². The maximum Gasteiger partial charge on any atom is 0.223 e. The lowest BCUT2D eigenvalue weighted by molar-refractivity contribution is 0.0532. The first-order valence-corrected chi connectivity index (χ1v) is 5.87. The van der Waals surface area contributed by atoms with Gasteiger partial charge in [0.05, 0.1) is 0 Å². The second kappa shape index (κ2) is 4.74. The monoisotopic (exact) mass is 222 g/mol. The van der Waals surface area contributed by atoms with Crippen LogP contribution in [0.5, 0.6) is 0 Å². The maximum absolute atomic E-state index is 5.70. The molecule has 1 atom stereocenters. The predicted octanol–water partition coefficient (Wildman–Crippen LogP) is 1.82. The van der Waals surface area contributed by atoms with Gasteiger partial charge in [-0.05, 0) is 26.2 Å². The molecule has 0 spiro atoms. The summed E-state index contributed by atoms with van der Waals surface area (Å²) in [5, 5.41) is 0. The number of anilines is 1. The van der Waals surface area contributed by atoms with E-state index < -0.39 is 0 Å². The molecule has 1 aromatic rings. The van der Waals surface area contributed by atoms with Gasteiger partial charge in [0.15, 0.2) is 5.82 Å². The number of hydrogen-bond acceptors (Lipinski definition) is 5. The lowest BCUT2D eigenvalue weighted by atomic mass is 10.2. The highest BCUT2D eigenvalue weighted by Gasteiger charge is 2.28. The van der Waals surface area contributed by atoms with Gasteiger partial charge in [-0.15, -0.1) is 0 Å². The van der Waals surface area contributed by atoms with Gasteiger partial charge in [0, 0.05) is 12.5 Å². The minimum Gasteiger partial charge on any atom is -0.371 e. The molecule has 2 rings (SSSR count). The standard InChI is InChI=1S/C11H18N4O/c1-3-8(16-4-2)10-13-9(7-5-6-7)14-11(12)15-10/h7-8H,3-6H2,1-2H3,(H2,12,13,14,15). The highest BCUT2D eigenvalue weighted by Crippen LogP contribution is 2.38. The summed E-state index contributed by atoms with van der Waals surface area (Å²) >= 11 is 0. The Morgan fingerprint density at radius 2 is 2.06 bits per heavy atom. The Morgan fingerprint density at radius 3 is 2.62 bits per heavy atom. The van der Waals surface area contributed by atoms with E-state index in [0.717, 1.165) is 25.1 Å². The minimum absolute atomic E-state index is 0.0622. The van der Waals surface area contributed by atoms with Crippen LogP contribution in [0.3, 0.4) is 0 Å². The summed E-state index contributed by atoms with van der Waals surface area (Å²) in [6, 6.07) is 0. The van der Waals surface area contributed by atoms with Gasteiger partial charge in [-0.3, -0.25) is 0 Å². The largest absolute Gasteiger partial charge is 0.371 e. The molecule has 1 aromatic heterocycles. The Labute approximate surface area is 95.5 Å². The SMILES string of the molecule is CCOC(CC)c1nc(N)nc(C2CC2)n1. The van der Waals surface area contributed by atoms with Crippen LogP contribution in [-0.4, -0.2) is 21.6 Å². The Bertz CT molecular complexity index is 365. The fraction of sp³-hybridized carbons (Fsp3) is 0.727. The van der Waals surface area contributed by atoms with Crippen molar-refractivity contribution in [2.45, 2.75) is 45.1 Å². The van der Waals surface area contributed by atoms with Crippen molar-refractivity contribution >= 4 is 5.95 Å². The zero-order valence-electron chi connectivity index (χ0n) is 9.81. The number of nitrogen functional groups attached to an aromatic ring is 1. The topological polar surface area (TPSA) is 73.9 Å². The van der Waals surface area contributed by atoms with Crippen molar-refractivity contribution in [2.75, 3.05) is 12.3 Å². The maximum atomic E-state index is 5.70. The van der Waals surface area contributed by atoms with E-state index in [-0.39, 0.29) is 6.10 Å². The van der Waals surface area contributed by atoms with Crippen LogP contribution in [0.15, 0.2) is 0 Å². The average molecular weight is 222 g/mol. The predicted molar refractivity (Wildman–Crippen MR) is 60.9 cm³/mol. The molecule has 5 nitrogen and oxygen atoms in total. The quantitative estimate of drug-likeness (QED) is 0.822. The second-order valence-corrected chi connectivity index (χ2v) is 4.04. The van der Waals surface area contributed by atoms with Crippen molar-refractivity contribution in [2.24, 2.45) is 0 Å². The smallest absolute Gasteiger partial charge is 0.223 e. The van der Waals surface area contributed by atoms with Crippen molar-refractivity contribution in [3.63, 3.8) is 0 Å². The van der Waals surface area contributed by atoms with Crippen LogP contribution >= 0.6 is 0 Å². The summed E-state index contributed by atoms with van der Waals surface area (Å²) in [6.07, 6.45) is 3.11. The molecule has 1 fully saturated rings. The molecule has 0 radical (unpaired) electrons. The molecule has 0 aliphatic heterocycles. The molecule has 1 heterocycles.